The smallest absolute Gasteiger partial charge is 0.0993 e. The molecular formula is C29H26N2. The van der Waals surface area contributed by atoms with Gasteiger partial charge in [-0.25, -0.2) is 0 Å². The SMILES string of the molecule is Cc1c(C)n(Cn2c(C)c(C)c3c4ccccc4ccc32)c2ccc3ccccc3c12. The lowest BCUT2D eigenvalue weighted by atomic mass is 10.0. The Labute approximate surface area is 182 Å². The minimum absolute atomic E-state index is 0.822. The molecule has 6 aromatic rings. The Morgan fingerprint density at radius 3 is 1.39 bits per heavy atom. The van der Waals surface area contributed by atoms with Crippen LogP contribution in [-0.2, 0) is 6.67 Å². The van der Waals surface area contributed by atoms with Gasteiger partial charge in [0, 0.05) is 22.2 Å². The van der Waals surface area contributed by atoms with Gasteiger partial charge in [0.15, 0.2) is 0 Å². The molecule has 0 aliphatic carbocycles. The van der Waals surface area contributed by atoms with E-state index in [4.69, 9.17) is 0 Å². The van der Waals surface area contributed by atoms with Crippen molar-refractivity contribution < 1.29 is 0 Å². The third-order valence-corrected chi connectivity index (χ3v) is 7.32. The van der Waals surface area contributed by atoms with Gasteiger partial charge in [-0.05, 0) is 72.5 Å². The van der Waals surface area contributed by atoms with Crippen LogP contribution in [0.25, 0.3) is 43.4 Å². The van der Waals surface area contributed by atoms with E-state index in [0.717, 1.165) is 6.67 Å². The molecule has 2 nitrogen and oxygen atoms in total. The van der Waals surface area contributed by atoms with Gasteiger partial charge in [0.1, 0.15) is 0 Å². The molecule has 2 heterocycles. The van der Waals surface area contributed by atoms with Gasteiger partial charge in [-0.1, -0.05) is 60.7 Å². The van der Waals surface area contributed by atoms with E-state index in [1.54, 1.807) is 0 Å². The van der Waals surface area contributed by atoms with Crippen molar-refractivity contribution in [3.63, 3.8) is 0 Å². The number of aromatic nitrogens is 2. The molecule has 0 N–H and O–H groups in total. The number of hydrogen-bond donors (Lipinski definition) is 0. The van der Waals surface area contributed by atoms with Gasteiger partial charge in [0.2, 0.25) is 0 Å². The molecule has 0 bridgehead atoms. The zero-order valence-corrected chi connectivity index (χ0v) is 18.5. The molecule has 0 atom stereocenters. The van der Waals surface area contributed by atoms with E-state index < -0.39 is 0 Å². The average molecular weight is 403 g/mol. The van der Waals surface area contributed by atoms with Crippen molar-refractivity contribution in [2.75, 3.05) is 0 Å². The molecule has 4 aromatic carbocycles. The van der Waals surface area contributed by atoms with Crippen LogP contribution in [0.2, 0.25) is 0 Å². The molecule has 0 aliphatic rings. The molecule has 0 spiro atoms. The van der Waals surface area contributed by atoms with E-state index in [1.807, 2.05) is 0 Å². The Morgan fingerprint density at radius 2 is 0.935 bits per heavy atom. The van der Waals surface area contributed by atoms with Crippen LogP contribution in [0.3, 0.4) is 0 Å². The van der Waals surface area contributed by atoms with Crippen LogP contribution in [0.1, 0.15) is 22.5 Å². The molecular weight excluding hydrogens is 376 g/mol. The zero-order chi connectivity index (χ0) is 21.3. The Balaban J connectivity index is 1.63. The van der Waals surface area contributed by atoms with Crippen LogP contribution >= 0.6 is 0 Å². The Kier molecular flexibility index (Phi) is 3.82. The molecule has 6 rings (SSSR count). The molecule has 0 saturated heterocycles. The number of aryl methyl sites for hydroxylation is 2. The van der Waals surface area contributed by atoms with E-state index in [9.17, 15) is 0 Å². The molecule has 152 valence electrons. The molecule has 31 heavy (non-hydrogen) atoms. The van der Waals surface area contributed by atoms with Gasteiger partial charge in [-0.15, -0.1) is 0 Å². The molecule has 0 fully saturated rings. The van der Waals surface area contributed by atoms with Gasteiger partial charge in [0.25, 0.3) is 0 Å². The van der Waals surface area contributed by atoms with Crippen molar-refractivity contribution in [3.05, 3.63) is 95.3 Å². The molecule has 0 unspecified atom stereocenters. The lowest BCUT2D eigenvalue weighted by Gasteiger charge is -2.14. The number of fused-ring (bicyclic) bond motifs is 6. The van der Waals surface area contributed by atoms with Crippen LogP contribution in [0.15, 0.2) is 72.8 Å². The summed E-state index contributed by atoms with van der Waals surface area (Å²) in [5.41, 5.74) is 8.06. The summed E-state index contributed by atoms with van der Waals surface area (Å²) in [6.45, 7) is 9.86. The lowest BCUT2D eigenvalue weighted by molar-refractivity contribution is 0.617. The highest BCUT2D eigenvalue weighted by molar-refractivity contribution is 6.10. The second kappa shape index (κ2) is 6.49. The summed E-state index contributed by atoms with van der Waals surface area (Å²) in [4.78, 5) is 0. The van der Waals surface area contributed by atoms with Gasteiger partial charge in [-0.3, -0.25) is 0 Å². The summed E-state index contributed by atoms with van der Waals surface area (Å²) in [5, 5.41) is 8.06. The van der Waals surface area contributed by atoms with E-state index in [-0.39, 0.29) is 0 Å². The quantitative estimate of drug-likeness (QED) is 0.282. The van der Waals surface area contributed by atoms with E-state index in [0.29, 0.717) is 0 Å². The van der Waals surface area contributed by atoms with Crippen molar-refractivity contribution in [2.45, 2.75) is 34.4 Å². The number of benzene rings is 4. The van der Waals surface area contributed by atoms with E-state index >= 15 is 0 Å². The van der Waals surface area contributed by atoms with Crippen LogP contribution in [0.5, 0.6) is 0 Å². The van der Waals surface area contributed by atoms with Crippen molar-refractivity contribution >= 4 is 43.4 Å². The van der Waals surface area contributed by atoms with Crippen LogP contribution in [-0.4, -0.2) is 9.13 Å². The minimum atomic E-state index is 0.822. The first kappa shape index (κ1) is 18.3. The normalized spacial score (nSPS) is 12.0. The maximum absolute atomic E-state index is 2.48. The molecule has 0 saturated carbocycles. The van der Waals surface area contributed by atoms with Crippen LogP contribution < -0.4 is 0 Å². The molecule has 2 heteroatoms. The average Bonchev–Trinajstić information content (AvgIpc) is 3.20. The third kappa shape index (κ3) is 2.45. The largest absolute Gasteiger partial charge is 0.326 e. The highest BCUT2D eigenvalue weighted by Crippen LogP contribution is 2.35. The minimum Gasteiger partial charge on any atom is -0.326 e. The van der Waals surface area contributed by atoms with Crippen LogP contribution in [0, 0.1) is 27.7 Å². The second-order valence-electron chi connectivity index (χ2n) is 8.78. The maximum Gasteiger partial charge on any atom is 0.0993 e. The summed E-state index contributed by atoms with van der Waals surface area (Å²) in [6, 6.07) is 26.5. The predicted molar refractivity (Wildman–Crippen MR) is 133 cm³/mol. The van der Waals surface area contributed by atoms with Crippen molar-refractivity contribution in [2.24, 2.45) is 0 Å². The fourth-order valence-corrected chi connectivity index (χ4v) is 5.39. The second-order valence-corrected chi connectivity index (χ2v) is 8.78. The highest BCUT2D eigenvalue weighted by atomic mass is 15.2. The Morgan fingerprint density at radius 1 is 0.516 bits per heavy atom. The molecule has 0 amide bonds. The Hall–Kier alpha value is -3.52. The van der Waals surface area contributed by atoms with Gasteiger partial charge in [-0.2, -0.15) is 0 Å². The summed E-state index contributed by atoms with van der Waals surface area (Å²) >= 11 is 0. The Bertz CT molecular complexity index is 1520. The molecule has 0 radical (unpaired) electrons. The number of nitrogens with zero attached hydrogens (tertiary/aromatic N) is 2. The maximum atomic E-state index is 2.48. The van der Waals surface area contributed by atoms with Crippen molar-refractivity contribution in [1.29, 1.82) is 0 Å². The first-order valence-electron chi connectivity index (χ1n) is 11.0. The third-order valence-electron chi connectivity index (χ3n) is 7.32. The molecule has 0 aliphatic heterocycles. The number of hydrogen-bond acceptors (Lipinski definition) is 0. The van der Waals surface area contributed by atoms with Crippen LogP contribution in [0.4, 0.5) is 0 Å². The summed E-state index contributed by atoms with van der Waals surface area (Å²) < 4.78 is 4.97. The fraction of sp³-hybridized carbons (Fsp3) is 0.172. The van der Waals surface area contributed by atoms with E-state index in [1.165, 1.54) is 65.9 Å². The highest BCUT2D eigenvalue weighted by Gasteiger charge is 2.17. The van der Waals surface area contributed by atoms with Crippen molar-refractivity contribution in [3.8, 4) is 0 Å². The topological polar surface area (TPSA) is 9.86 Å². The predicted octanol–water partition coefficient (Wildman–Crippen LogP) is 7.64. The van der Waals surface area contributed by atoms with Crippen molar-refractivity contribution in [1.82, 2.24) is 9.13 Å². The van der Waals surface area contributed by atoms with Gasteiger partial charge in [0.05, 0.1) is 17.7 Å². The monoisotopic (exact) mass is 402 g/mol. The first-order chi connectivity index (χ1) is 15.1. The fourth-order valence-electron chi connectivity index (χ4n) is 5.39. The standard InChI is InChI=1S/C29H26N2/c1-18-20(3)30(26-15-13-22-9-5-7-11-24(22)28(18)26)17-31-21(4)19(2)29-25-12-8-6-10-23(25)14-16-27(29)31/h5-16H,17H2,1-4H3. The van der Waals surface area contributed by atoms with Gasteiger partial charge < -0.3 is 9.13 Å². The summed E-state index contributed by atoms with van der Waals surface area (Å²) in [5.74, 6) is 0. The van der Waals surface area contributed by atoms with E-state index in [2.05, 4.69) is 110 Å². The molecule has 2 aromatic heterocycles. The van der Waals surface area contributed by atoms with Gasteiger partial charge >= 0.3 is 0 Å². The lowest BCUT2D eigenvalue weighted by Crippen LogP contribution is -2.11. The summed E-state index contributed by atoms with van der Waals surface area (Å²) in [6.07, 6.45) is 0. The summed E-state index contributed by atoms with van der Waals surface area (Å²) in [7, 11) is 0. The number of rotatable bonds is 2. The zero-order valence-electron chi connectivity index (χ0n) is 18.5. The first-order valence-corrected chi connectivity index (χ1v) is 11.0.